The number of sulfonamides is 1. The maximum absolute atomic E-state index is 12.9. The molecule has 1 N–H and O–H groups in total. The predicted molar refractivity (Wildman–Crippen MR) is 117 cm³/mol. The second kappa shape index (κ2) is 9.62. The fourth-order valence-corrected chi connectivity index (χ4v) is 5.39. The Balaban J connectivity index is 1.61. The molecule has 6 nitrogen and oxygen atoms in total. The van der Waals surface area contributed by atoms with Crippen molar-refractivity contribution < 1.29 is 17.9 Å². The van der Waals surface area contributed by atoms with E-state index in [0.717, 1.165) is 17.5 Å². The number of rotatable bonds is 7. The first-order valence-electron chi connectivity index (χ1n) is 10.4. The lowest BCUT2D eigenvalue weighted by Gasteiger charge is -2.31. The Bertz CT molecular complexity index is 965. The Hall–Kier alpha value is -2.38. The summed E-state index contributed by atoms with van der Waals surface area (Å²) >= 11 is 0. The molecular formula is C23H30N2O4S. The first-order valence-corrected chi connectivity index (χ1v) is 11.8. The molecule has 0 aromatic heterocycles. The molecule has 0 unspecified atom stereocenters. The van der Waals surface area contributed by atoms with Gasteiger partial charge in [0.1, 0.15) is 5.75 Å². The van der Waals surface area contributed by atoms with E-state index >= 15 is 0 Å². The summed E-state index contributed by atoms with van der Waals surface area (Å²) in [6, 6.07) is 14.4. The highest BCUT2D eigenvalue weighted by Crippen LogP contribution is 2.27. The zero-order valence-electron chi connectivity index (χ0n) is 17.8. The van der Waals surface area contributed by atoms with E-state index in [0.29, 0.717) is 31.7 Å². The highest BCUT2D eigenvalue weighted by atomic mass is 32.2. The van der Waals surface area contributed by atoms with Gasteiger partial charge in [0.05, 0.1) is 18.0 Å². The first-order chi connectivity index (χ1) is 14.4. The molecule has 0 bridgehead atoms. The molecule has 2 aromatic carbocycles. The SMILES string of the molecule is CC[C@@H](NC(=O)C1CCN(S(=O)(=O)c2ccc(OC)cc2)CC1)c1ccccc1C. The number of hydrogen-bond donors (Lipinski definition) is 1. The quantitative estimate of drug-likeness (QED) is 0.727. The van der Waals surface area contributed by atoms with Crippen molar-refractivity contribution in [2.75, 3.05) is 20.2 Å². The van der Waals surface area contributed by atoms with E-state index in [9.17, 15) is 13.2 Å². The van der Waals surface area contributed by atoms with E-state index in [1.807, 2.05) is 31.2 Å². The van der Waals surface area contributed by atoms with Crippen LogP contribution in [0.5, 0.6) is 5.75 Å². The monoisotopic (exact) mass is 430 g/mol. The minimum Gasteiger partial charge on any atom is -0.497 e. The van der Waals surface area contributed by atoms with Crippen molar-refractivity contribution in [2.45, 2.75) is 44.0 Å². The fraction of sp³-hybridized carbons (Fsp3) is 0.435. The van der Waals surface area contributed by atoms with Gasteiger partial charge in [-0.1, -0.05) is 31.2 Å². The van der Waals surface area contributed by atoms with Crippen LogP contribution in [-0.4, -0.2) is 38.8 Å². The van der Waals surface area contributed by atoms with Crippen LogP contribution in [-0.2, 0) is 14.8 Å². The maximum atomic E-state index is 12.9. The van der Waals surface area contributed by atoms with E-state index in [2.05, 4.69) is 12.2 Å². The van der Waals surface area contributed by atoms with Crippen molar-refractivity contribution in [3.05, 3.63) is 59.7 Å². The van der Waals surface area contributed by atoms with Gasteiger partial charge < -0.3 is 10.1 Å². The molecular weight excluding hydrogens is 400 g/mol. The molecule has 0 aliphatic carbocycles. The van der Waals surface area contributed by atoms with Crippen molar-refractivity contribution in [1.29, 1.82) is 0 Å². The molecule has 1 amide bonds. The fourth-order valence-electron chi connectivity index (χ4n) is 3.92. The zero-order chi connectivity index (χ0) is 21.7. The van der Waals surface area contributed by atoms with Crippen LogP contribution in [0.3, 0.4) is 0 Å². The maximum Gasteiger partial charge on any atom is 0.243 e. The Morgan fingerprint density at radius 3 is 2.33 bits per heavy atom. The topological polar surface area (TPSA) is 75.7 Å². The lowest BCUT2D eigenvalue weighted by atomic mass is 9.94. The minimum absolute atomic E-state index is 0.00611. The van der Waals surface area contributed by atoms with Gasteiger partial charge in [-0.25, -0.2) is 8.42 Å². The number of piperidine rings is 1. The van der Waals surface area contributed by atoms with E-state index in [4.69, 9.17) is 4.74 Å². The van der Waals surface area contributed by atoms with Gasteiger partial charge >= 0.3 is 0 Å². The number of nitrogens with one attached hydrogen (secondary N) is 1. The number of aryl methyl sites for hydroxylation is 1. The molecule has 162 valence electrons. The first kappa shape index (κ1) is 22.3. The number of carbonyl (C=O) groups is 1. The van der Waals surface area contributed by atoms with Crippen LogP contribution < -0.4 is 10.1 Å². The number of hydrogen-bond acceptors (Lipinski definition) is 4. The summed E-state index contributed by atoms with van der Waals surface area (Å²) in [5.41, 5.74) is 2.29. The standard InChI is InChI=1S/C23H30N2O4S/c1-4-22(21-8-6-5-7-17(21)2)24-23(26)18-13-15-25(16-14-18)30(27,28)20-11-9-19(29-3)10-12-20/h5-12,18,22H,4,13-16H2,1-3H3,(H,24,26)/t22-/m1/s1. The van der Waals surface area contributed by atoms with Crippen LogP contribution in [0.15, 0.2) is 53.4 Å². The third-order valence-corrected chi connectivity index (χ3v) is 7.72. The van der Waals surface area contributed by atoms with Gasteiger partial charge in [-0.05, 0) is 61.6 Å². The van der Waals surface area contributed by atoms with Crippen LogP contribution in [0.1, 0.15) is 43.4 Å². The minimum atomic E-state index is -3.57. The van der Waals surface area contributed by atoms with E-state index < -0.39 is 10.0 Å². The van der Waals surface area contributed by atoms with Crippen LogP contribution in [0, 0.1) is 12.8 Å². The second-order valence-corrected chi connectivity index (χ2v) is 9.62. The largest absolute Gasteiger partial charge is 0.497 e. The lowest BCUT2D eigenvalue weighted by Crippen LogP contribution is -2.43. The molecule has 1 aliphatic heterocycles. The summed E-state index contributed by atoms with van der Waals surface area (Å²) in [6.07, 6.45) is 1.85. The van der Waals surface area contributed by atoms with Gasteiger partial charge in [0.15, 0.2) is 0 Å². The summed E-state index contributed by atoms with van der Waals surface area (Å²) in [5, 5.41) is 3.17. The highest BCUT2D eigenvalue weighted by molar-refractivity contribution is 7.89. The average molecular weight is 431 g/mol. The Morgan fingerprint density at radius 1 is 1.13 bits per heavy atom. The molecule has 30 heavy (non-hydrogen) atoms. The van der Waals surface area contributed by atoms with Gasteiger partial charge in [0.2, 0.25) is 15.9 Å². The third-order valence-electron chi connectivity index (χ3n) is 5.81. The summed E-state index contributed by atoms with van der Waals surface area (Å²) in [5.74, 6) is 0.445. The Morgan fingerprint density at radius 2 is 1.77 bits per heavy atom. The van der Waals surface area contributed by atoms with Gasteiger partial charge in [-0.15, -0.1) is 0 Å². The normalized spacial score (nSPS) is 16.8. The van der Waals surface area contributed by atoms with Crippen molar-refractivity contribution in [3.63, 3.8) is 0 Å². The third kappa shape index (κ3) is 4.84. The van der Waals surface area contributed by atoms with Crippen molar-refractivity contribution >= 4 is 15.9 Å². The predicted octanol–water partition coefficient (Wildman–Crippen LogP) is 3.67. The van der Waals surface area contributed by atoms with E-state index in [-0.39, 0.29) is 22.8 Å². The number of amides is 1. The summed E-state index contributed by atoms with van der Waals surface area (Å²) in [4.78, 5) is 13.1. The van der Waals surface area contributed by atoms with Gasteiger partial charge in [-0.3, -0.25) is 4.79 Å². The zero-order valence-corrected chi connectivity index (χ0v) is 18.6. The molecule has 1 heterocycles. The van der Waals surface area contributed by atoms with Crippen LogP contribution in [0.4, 0.5) is 0 Å². The Kier molecular flexibility index (Phi) is 7.15. The lowest BCUT2D eigenvalue weighted by molar-refractivity contribution is -0.126. The summed E-state index contributed by atoms with van der Waals surface area (Å²) in [7, 11) is -2.02. The molecule has 3 rings (SSSR count). The number of methoxy groups -OCH3 is 1. The van der Waals surface area contributed by atoms with E-state index in [1.165, 1.54) is 4.31 Å². The highest BCUT2D eigenvalue weighted by Gasteiger charge is 2.32. The summed E-state index contributed by atoms with van der Waals surface area (Å²) < 4.78 is 32.4. The van der Waals surface area contributed by atoms with Crippen molar-refractivity contribution in [1.82, 2.24) is 9.62 Å². The number of nitrogens with zero attached hydrogens (tertiary/aromatic N) is 1. The van der Waals surface area contributed by atoms with Crippen molar-refractivity contribution in [2.24, 2.45) is 5.92 Å². The smallest absolute Gasteiger partial charge is 0.243 e. The average Bonchev–Trinajstić information content (AvgIpc) is 2.78. The molecule has 1 fully saturated rings. The number of ether oxygens (including phenoxy) is 1. The van der Waals surface area contributed by atoms with E-state index in [1.54, 1.807) is 31.4 Å². The molecule has 1 aliphatic rings. The van der Waals surface area contributed by atoms with Crippen molar-refractivity contribution in [3.8, 4) is 5.75 Å². The number of benzene rings is 2. The molecule has 0 saturated carbocycles. The molecule has 1 saturated heterocycles. The number of carbonyl (C=O) groups excluding carboxylic acids is 1. The molecule has 0 spiro atoms. The summed E-state index contributed by atoms with van der Waals surface area (Å²) in [6.45, 7) is 4.79. The van der Waals surface area contributed by atoms with Crippen LogP contribution >= 0.6 is 0 Å². The molecule has 0 radical (unpaired) electrons. The van der Waals surface area contributed by atoms with Gasteiger partial charge in [-0.2, -0.15) is 4.31 Å². The Labute approximate surface area is 179 Å². The molecule has 7 heteroatoms. The molecule has 1 atom stereocenters. The second-order valence-electron chi connectivity index (χ2n) is 7.68. The van der Waals surface area contributed by atoms with Crippen LogP contribution in [0.25, 0.3) is 0 Å². The molecule has 2 aromatic rings. The van der Waals surface area contributed by atoms with Gasteiger partial charge in [0.25, 0.3) is 0 Å². The van der Waals surface area contributed by atoms with Gasteiger partial charge in [0, 0.05) is 19.0 Å². The van der Waals surface area contributed by atoms with Crippen LogP contribution in [0.2, 0.25) is 0 Å².